The van der Waals surface area contributed by atoms with Crippen molar-refractivity contribution in [2.24, 2.45) is 5.73 Å². The maximum absolute atomic E-state index is 13.5. The summed E-state index contributed by atoms with van der Waals surface area (Å²) in [6, 6.07) is 6.13. The zero-order valence-corrected chi connectivity index (χ0v) is 10.00. The van der Waals surface area contributed by atoms with Crippen molar-refractivity contribution in [1.82, 2.24) is 0 Å². The van der Waals surface area contributed by atoms with E-state index in [4.69, 9.17) is 10.5 Å². The number of hydrogen-bond donors (Lipinski definition) is 2. The Hall–Kier alpha value is -1.62. The van der Waals surface area contributed by atoms with E-state index in [9.17, 15) is 9.18 Å². The lowest BCUT2D eigenvalue weighted by Gasteiger charge is -2.30. The van der Waals surface area contributed by atoms with Gasteiger partial charge in [0, 0.05) is 7.11 Å². The van der Waals surface area contributed by atoms with Gasteiger partial charge in [-0.15, -0.1) is 0 Å². The molecule has 1 amide bonds. The van der Waals surface area contributed by atoms with Crippen LogP contribution in [0.1, 0.15) is 13.3 Å². The van der Waals surface area contributed by atoms with Gasteiger partial charge in [0.15, 0.2) is 0 Å². The van der Waals surface area contributed by atoms with Gasteiger partial charge in [-0.05, 0) is 18.6 Å². The Kier molecular flexibility index (Phi) is 4.45. The minimum absolute atomic E-state index is 0.0904. The van der Waals surface area contributed by atoms with E-state index in [1.165, 1.54) is 13.2 Å². The fraction of sp³-hybridized carbons (Fsp3) is 0.417. The highest BCUT2D eigenvalue weighted by Crippen LogP contribution is 2.21. The van der Waals surface area contributed by atoms with Crippen molar-refractivity contribution in [2.75, 3.05) is 19.0 Å². The van der Waals surface area contributed by atoms with Crippen LogP contribution < -0.4 is 11.1 Å². The van der Waals surface area contributed by atoms with Crippen LogP contribution in [0.2, 0.25) is 0 Å². The number of ether oxygens (including phenoxy) is 1. The van der Waals surface area contributed by atoms with E-state index in [0.717, 1.165) is 0 Å². The lowest BCUT2D eigenvalue weighted by molar-refractivity contribution is -0.124. The molecule has 0 aliphatic rings. The van der Waals surface area contributed by atoms with E-state index < -0.39 is 17.3 Å². The first-order valence-corrected chi connectivity index (χ1v) is 5.37. The van der Waals surface area contributed by atoms with E-state index in [1.807, 2.05) is 0 Å². The number of primary amides is 1. The van der Waals surface area contributed by atoms with Crippen LogP contribution in [0.25, 0.3) is 0 Å². The van der Waals surface area contributed by atoms with Gasteiger partial charge in [-0.1, -0.05) is 19.1 Å². The zero-order chi connectivity index (χ0) is 12.9. The Morgan fingerprint density at radius 3 is 2.65 bits per heavy atom. The summed E-state index contributed by atoms with van der Waals surface area (Å²) in [5.74, 6) is -0.993. The third kappa shape index (κ3) is 2.94. The molecule has 0 aliphatic heterocycles. The lowest BCUT2D eigenvalue weighted by Crippen LogP contribution is -2.53. The number of methoxy groups -OCH3 is 1. The summed E-state index contributed by atoms with van der Waals surface area (Å²) in [5.41, 5.74) is 4.52. The van der Waals surface area contributed by atoms with Crippen molar-refractivity contribution in [2.45, 2.75) is 18.9 Å². The van der Waals surface area contributed by atoms with Crippen LogP contribution >= 0.6 is 0 Å². The second-order valence-corrected chi connectivity index (χ2v) is 3.84. The van der Waals surface area contributed by atoms with E-state index in [-0.39, 0.29) is 12.3 Å². The van der Waals surface area contributed by atoms with Gasteiger partial charge < -0.3 is 15.8 Å². The second-order valence-electron chi connectivity index (χ2n) is 3.84. The van der Waals surface area contributed by atoms with Crippen LogP contribution in [0.4, 0.5) is 10.1 Å². The molecule has 1 aromatic rings. The Morgan fingerprint density at radius 2 is 2.18 bits per heavy atom. The highest BCUT2D eigenvalue weighted by atomic mass is 19.1. The smallest absolute Gasteiger partial charge is 0.245 e. The molecule has 0 saturated heterocycles. The van der Waals surface area contributed by atoms with Gasteiger partial charge in [-0.3, -0.25) is 4.79 Å². The summed E-state index contributed by atoms with van der Waals surface area (Å²) in [6.07, 6.45) is 0.407. The Labute approximate surface area is 100.0 Å². The van der Waals surface area contributed by atoms with Crippen LogP contribution in [-0.2, 0) is 9.53 Å². The maximum atomic E-state index is 13.5. The van der Waals surface area contributed by atoms with Crippen LogP contribution in [0.5, 0.6) is 0 Å². The molecule has 3 N–H and O–H groups in total. The van der Waals surface area contributed by atoms with Crippen LogP contribution in [0.3, 0.4) is 0 Å². The summed E-state index contributed by atoms with van der Waals surface area (Å²) < 4.78 is 18.5. The van der Waals surface area contributed by atoms with E-state index in [0.29, 0.717) is 6.42 Å². The number of carbonyl (C=O) groups excluding carboxylic acids is 1. The quantitative estimate of drug-likeness (QED) is 0.792. The Morgan fingerprint density at radius 1 is 1.53 bits per heavy atom. The molecule has 17 heavy (non-hydrogen) atoms. The molecular formula is C12H17FN2O2. The average Bonchev–Trinajstić information content (AvgIpc) is 2.31. The molecule has 0 aromatic heterocycles. The Bertz CT molecular complexity index is 398. The van der Waals surface area contributed by atoms with Crippen molar-refractivity contribution >= 4 is 11.6 Å². The monoisotopic (exact) mass is 240 g/mol. The van der Waals surface area contributed by atoms with Crippen molar-refractivity contribution < 1.29 is 13.9 Å². The molecular weight excluding hydrogens is 223 g/mol. The third-order valence-electron chi connectivity index (χ3n) is 2.71. The first-order chi connectivity index (χ1) is 8.05. The summed E-state index contributed by atoms with van der Waals surface area (Å²) in [4.78, 5) is 11.5. The first-order valence-electron chi connectivity index (χ1n) is 5.37. The van der Waals surface area contributed by atoms with Crippen molar-refractivity contribution in [1.29, 1.82) is 0 Å². The fourth-order valence-electron chi connectivity index (χ4n) is 1.60. The molecule has 0 radical (unpaired) electrons. The van der Waals surface area contributed by atoms with Gasteiger partial charge in [0.05, 0.1) is 12.3 Å². The number of para-hydroxylation sites is 1. The number of amides is 1. The number of carbonyl (C=O) groups is 1. The largest absolute Gasteiger partial charge is 0.382 e. The number of benzene rings is 1. The number of anilines is 1. The standard InChI is InChI=1S/C12H17FN2O2/c1-3-12(8-17-2,11(14)16)15-10-7-5-4-6-9(10)13/h4-7,15H,3,8H2,1-2H3,(H2,14,16). The molecule has 0 fully saturated rings. The minimum atomic E-state index is -1.09. The molecule has 1 aromatic carbocycles. The number of nitrogens with two attached hydrogens (primary N) is 1. The molecule has 0 heterocycles. The second kappa shape index (κ2) is 5.63. The van der Waals surface area contributed by atoms with Gasteiger partial charge in [0.2, 0.25) is 5.91 Å². The summed E-state index contributed by atoms with van der Waals surface area (Å²) in [6.45, 7) is 1.88. The lowest BCUT2D eigenvalue weighted by atomic mass is 9.95. The van der Waals surface area contributed by atoms with Crippen molar-refractivity contribution in [3.8, 4) is 0 Å². The van der Waals surface area contributed by atoms with Gasteiger partial charge in [-0.25, -0.2) is 4.39 Å². The van der Waals surface area contributed by atoms with Crippen LogP contribution in [0, 0.1) is 5.82 Å². The van der Waals surface area contributed by atoms with Gasteiger partial charge in [0.1, 0.15) is 11.4 Å². The molecule has 1 atom stereocenters. The molecule has 5 heteroatoms. The summed E-state index contributed by atoms with van der Waals surface area (Å²) in [7, 11) is 1.47. The summed E-state index contributed by atoms with van der Waals surface area (Å²) in [5, 5.41) is 2.84. The molecule has 4 nitrogen and oxygen atoms in total. The van der Waals surface area contributed by atoms with Gasteiger partial charge in [-0.2, -0.15) is 0 Å². The zero-order valence-electron chi connectivity index (χ0n) is 10.00. The molecule has 0 spiro atoms. The van der Waals surface area contributed by atoms with Crippen molar-refractivity contribution in [3.05, 3.63) is 30.1 Å². The minimum Gasteiger partial charge on any atom is -0.382 e. The van der Waals surface area contributed by atoms with E-state index in [2.05, 4.69) is 5.32 Å². The van der Waals surface area contributed by atoms with E-state index in [1.54, 1.807) is 25.1 Å². The fourth-order valence-corrected chi connectivity index (χ4v) is 1.60. The molecule has 0 saturated carbocycles. The SMILES string of the molecule is CCC(COC)(Nc1ccccc1F)C(N)=O. The highest BCUT2D eigenvalue weighted by Gasteiger charge is 2.35. The normalized spacial score (nSPS) is 14.1. The van der Waals surface area contributed by atoms with Crippen LogP contribution in [0.15, 0.2) is 24.3 Å². The molecule has 94 valence electrons. The summed E-state index contributed by atoms with van der Waals surface area (Å²) >= 11 is 0. The maximum Gasteiger partial charge on any atom is 0.245 e. The van der Waals surface area contributed by atoms with Gasteiger partial charge in [0.25, 0.3) is 0 Å². The number of halogens is 1. The van der Waals surface area contributed by atoms with Gasteiger partial charge >= 0.3 is 0 Å². The van der Waals surface area contributed by atoms with Crippen molar-refractivity contribution in [3.63, 3.8) is 0 Å². The van der Waals surface area contributed by atoms with E-state index >= 15 is 0 Å². The first kappa shape index (κ1) is 13.4. The number of rotatable bonds is 6. The molecule has 1 rings (SSSR count). The topological polar surface area (TPSA) is 64.3 Å². The predicted octanol–water partition coefficient (Wildman–Crippen LogP) is 1.52. The molecule has 0 bridgehead atoms. The number of hydrogen-bond acceptors (Lipinski definition) is 3. The average molecular weight is 240 g/mol. The number of nitrogens with one attached hydrogen (secondary N) is 1. The molecule has 1 unspecified atom stereocenters. The van der Waals surface area contributed by atoms with Crippen LogP contribution in [-0.4, -0.2) is 25.2 Å². The Balaban J connectivity index is 3.01. The molecule has 0 aliphatic carbocycles. The highest BCUT2D eigenvalue weighted by molar-refractivity contribution is 5.88. The predicted molar refractivity (Wildman–Crippen MR) is 64.1 cm³/mol. The third-order valence-corrected chi connectivity index (χ3v) is 2.71.